The number of nitrogens with one attached hydrogen (secondary N) is 1. The summed E-state index contributed by atoms with van der Waals surface area (Å²) >= 11 is 0. The molecule has 74 valence electrons. The highest BCUT2D eigenvalue weighted by atomic mass is 16.5. The van der Waals surface area contributed by atoms with E-state index in [-0.39, 0.29) is 0 Å². The van der Waals surface area contributed by atoms with Crippen molar-refractivity contribution < 1.29 is 4.74 Å². The van der Waals surface area contributed by atoms with Crippen LogP contribution in [0.25, 0.3) is 0 Å². The first-order valence-electron chi connectivity index (χ1n) is 4.74. The van der Waals surface area contributed by atoms with E-state index < -0.39 is 0 Å². The highest BCUT2D eigenvalue weighted by molar-refractivity contribution is 5.27. The van der Waals surface area contributed by atoms with Crippen LogP contribution in [0.15, 0.2) is 36.3 Å². The summed E-state index contributed by atoms with van der Waals surface area (Å²) in [5.74, 6) is 0.842. The Hall–Kier alpha value is -1.18. The topological polar surface area (TPSA) is 21.3 Å². The van der Waals surface area contributed by atoms with Crippen molar-refractivity contribution in [2.45, 2.75) is 20.8 Å². The summed E-state index contributed by atoms with van der Waals surface area (Å²) < 4.78 is 5.34. The predicted octanol–water partition coefficient (Wildman–Crippen LogP) is 2.61. The van der Waals surface area contributed by atoms with Crippen LogP contribution in [0.2, 0.25) is 0 Å². The molecule has 0 unspecified atom stereocenters. The van der Waals surface area contributed by atoms with E-state index in [9.17, 15) is 0 Å². The molecule has 1 rings (SSSR count). The minimum Gasteiger partial charge on any atom is -0.490 e. The normalized spacial score (nSPS) is 15.6. The lowest BCUT2D eigenvalue weighted by atomic mass is 10.3. The minimum atomic E-state index is 0.725. The monoisotopic (exact) mass is 181 g/mol. The second-order valence-corrected chi connectivity index (χ2v) is 2.26. The number of hydrogen-bond donors (Lipinski definition) is 1. The van der Waals surface area contributed by atoms with Gasteiger partial charge in [-0.3, -0.25) is 0 Å². The summed E-state index contributed by atoms with van der Waals surface area (Å²) in [6.07, 6.45) is 5.68. The van der Waals surface area contributed by atoms with Crippen LogP contribution in [0, 0.1) is 0 Å². The molecule has 0 fully saturated rings. The Balaban J connectivity index is 0.000000671. The zero-order chi connectivity index (χ0) is 10.1. The molecule has 0 saturated heterocycles. The summed E-state index contributed by atoms with van der Waals surface area (Å²) in [6.45, 7) is 11.2. The highest BCUT2D eigenvalue weighted by Crippen LogP contribution is 2.09. The van der Waals surface area contributed by atoms with Gasteiger partial charge in [-0.25, -0.2) is 0 Å². The van der Waals surface area contributed by atoms with E-state index in [1.807, 2.05) is 32.9 Å². The maximum absolute atomic E-state index is 5.34. The fraction of sp³-hybridized carbons (Fsp3) is 0.455. The van der Waals surface area contributed by atoms with Crippen molar-refractivity contribution in [2.75, 3.05) is 13.2 Å². The first kappa shape index (κ1) is 11.8. The summed E-state index contributed by atoms with van der Waals surface area (Å²) in [5.41, 5.74) is 1.02. The fourth-order valence-electron chi connectivity index (χ4n) is 0.988. The van der Waals surface area contributed by atoms with Crippen molar-refractivity contribution in [1.29, 1.82) is 0 Å². The van der Waals surface area contributed by atoms with Gasteiger partial charge >= 0.3 is 0 Å². The van der Waals surface area contributed by atoms with E-state index in [2.05, 4.69) is 11.9 Å². The van der Waals surface area contributed by atoms with E-state index in [1.165, 1.54) is 0 Å². The van der Waals surface area contributed by atoms with Crippen LogP contribution in [-0.4, -0.2) is 13.2 Å². The quantitative estimate of drug-likeness (QED) is 0.707. The average molecular weight is 181 g/mol. The fourth-order valence-corrected chi connectivity index (χ4v) is 0.988. The molecule has 0 aromatic heterocycles. The molecule has 0 aromatic rings. The molecular weight excluding hydrogens is 162 g/mol. The van der Waals surface area contributed by atoms with Crippen molar-refractivity contribution in [3.05, 3.63) is 36.3 Å². The molecule has 0 amide bonds. The zero-order valence-corrected chi connectivity index (χ0v) is 8.76. The Morgan fingerprint density at radius 2 is 2.15 bits per heavy atom. The molecule has 1 aliphatic rings. The molecule has 0 spiro atoms. The SMILES string of the molecule is C=CC1=C(/C=C\C)NCCO1.CC. The summed E-state index contributed by atoms with van der Waals surface area (Å²) in [6, 6.07) is 0. The average Bonchev–Trinajstić information content (AvgIpc) is 2.22. The van der Waals surface area contributed by atoms with Crippen molar-refractivity contribution >= 4 is 0 Å². The maximum atomic E-state index is 5.34. The van der Waals surface area contributed by atoms with Crippen LogP contribution in [-0.2, 0) is 4.74 Å². The van der Waals surface area contributed by atoms with Crippen LogP contribution >= 0.6 is 0 Å². The van der Waals surface area contributed by atoms with Gasteiger partial charge in [-0.2, -0.15) is 0 Å². The first-order valence-corrected chi connectivity index (χ1v) is 4.74. The van der Waals surface area contributed by atoms with Crippen molar-refractivity contribution in [3.63, 3.8) is 0 Å². The van der Waals surface area contributed by atoms with Crippen LogP contribution in [0.5, 0.6) is 0 Å². The van der Waals surface area contributed by atoms with Crippen molar-refractivity contribution in [1.82, 2.24) is 5.32 Å². The molecular formula is C11H19NO. The van der Waals surface area contributed by atoms with Gasteiger partial charge in [0.2, 0.25) is 0 Å². The third-order valence-corrected chi connectivity index (χ3v) is 1.46. The molecule has 0 atom stereocenters. The van der Waals surface area contributed by atoms with Crippen molar-refractivity contribution in [2.24, 2.45) is 0 Å². The maximum Gasteiger partial charge on any atom is 0.141 e. The van der Waals surface area contributed by atoms with Crippen LogP contribution in [0.3, 0.4) is 0 Å². The highest BCUT2D eigenvalue weighted by Gasteiger charge is 2.06. The number of ether oxygens (including phenoxy) is 1. The Morgan fingerprint density at radius 1 is 1.46 bits per heavy atom. The zero-order valence-electron chi connectivity index (χ0n) is 8.76. The molecule has 0 bridgehead atoms. The first-order chi connectivity index (χ1) is 6.38. The number of allylic oxidation sites excluding steroid dienone is 3. The number of rotatable bonds is 2. The molecule has 1 heterocycles. The molecule has 2 heteroatoms. The summed E-state index contributed by atoms with van der Waals surface area (Å²) in [7, 11) is 0. The Labute approximate surface area is 81.0 Å². The number of hydrogen-bond acceptors (Lipinski definition) is 2. The van der Waals surface area contributed by atoms with E-state index in [4.69, 9.17) is 4.74 Å². The van der Waals surface area contributed by atoms with Crippen LogP contribution < -0.4 is 5.32 Å². The van der Waals surface area contributed by atoms with E-state index in [1.54, 1.807) is 6.08 Å². The van der Waals surface area contributed by atoms with Gasteiger partial charge in [0.15, 0.2) is 0 Å². The van der Waals surface area contributed by atoms with Crippen molar-refractivity contribution in [3.8, 4) is 0 Å². The molecule has 2 nitrogen and oxygen atoms in total. The van der Waals surface area contributed by atoms with Gasteiger partial charge in [-0.05, 0) is 19.1 Å². The van der Waals surface area contributed by atoms with E-state index in [0.717, 1.165) is 24.6 Å². The second kappa shape index (κ2) is 7.47. The summed E-state index contributed by atoms with van der Waals surface area (Å²) in [4.78, 5) is 0. The smallest absolute Gasteiger partial charge is 0.141 e. The molecule has 0 saturated carbocycles. The van der Waals surface area contributed by atoms with Gasteiger partial charge in [0.1, 0.15) is 12.4 Å². The lowest BCUT2D eigenvalue weighted by molar-refractivity contribution is 0.206. The van der Waals surface area contributed by atoms with Gasteiger partial charge in [0.05, 0.1) is 5.70 Å². The van der Waals surface area contributed by atoms with Gasteiger partial charge in [0, 0.05) is 6.54 Å². The summed E-state index contributed by atoms with van der Waals surface area (Å²) in [5, 5.41) is 3.22. The minimum absolute atomic E-state index is 0.725. The molecule has 0 aliphatic carbocycles. The third-order valence-electron chi connectivity index (χ3n) is 1.46. The largest absolute Gasteiger partial charge is 0.490 e. The Morgan fingerprint density at radius 3 is 2.69 bits per heavy atom. The molecule has 0 radical (unpaired) electrons. The van der Waals surface area contributed by atoms with Gasteiger partial charge < -0.3 is 10.1 Å². The predicted molar refractivity (Wildman–Crippen MR) is 57.3 cm³/mol. The molecule has 0 aromatic carbocycles. The molecule has 13 heavy (non-hydrogen) atoms. The van der Waals surface area contributed by atoms with Gasteiger partial charge in [0.25, 0.3) is 0 Å². The Bertz CT molecular complexity index is 204. The van der Waals surface area contributed by atoms with Crippen LogP contribution in [0.4, 0.5) is 0 Å². The third kappa shape index (κ3) is 3.83. The lowest BCUT2D eigenvalue weighted by Crippen LogP contribution is -2.25. The van der Waals surface area contributed by atoms with E-state index >= 15 is 0 Å². The molecule has 1 aliphatic heterocycles. The standard InChI is InChI=1S/C9H13NO.C2H6/c1-3-5-8-9(4-2)11-7-6-10-8;1-2/h3-5,10H,2,6-7H2,1H3;1-2H3/b5-3-;. The Kier molecular flexibility index (Phi) is 6.79. The van der Waals surface area contributed by atoms with Crippen LogP contribution in [0.1, 0.15) is 20.8 Å². The van der Waals surface area contributed by atoms with Gasteiger partial charge in [-0.15, -0.1) is 0 Å². The lowest BCUT2D eigenvalue weighted by Gasteiger charge is -2.18. The molecule has 1 N–H and O–H groups in total. The van der Waals surface area contributed by atoms with E-state index in [0.29, 0.717) is 0 Å². The van der Waals surface area contributed by atoms with Gasteiger partial charge in [-0.1, -0.05) is 26.5 Å². The second-order valence-electron chi connectivity index (χ2n) is 2.26.